The third-order valence-electron chi connectivity index (χ3n) is 3.99. The standard InChI is InChI=1S/C18H20N4O2/c1-12-5-4-6-16(13(12)2)21-18(24)15(9-19)17(23)8-7-14-10-20-22(3)11-14/h4-6,10-11,15H,7-8H2,1-3H3,(H,21,24). The Morgan fingerprint density at radius 3 is 2.75 bits per heavy atom. The van der Waals surface area contributed by atoms with Gasteiger partial charge in [-0.15, -0.1) is 0 Å². The monoisotopic (exact) mass is 324 g/mol. The van der Waals surface area contributed by atoms with Gasteiger partial charge in [0.1, 0.15) is 0 Å². The molecule has 1 unspecified atom stereocenters. The minimum atomic E-state index is -1.30. The number of ketones is 1. The first-order valence-corrected chi connectivity index (χ1v) is 7.69. The number of hydrogen-bond donors (Lipinski definition) is 1. The lowest BCUT2D eigenvalue weighted by Crippen LogP contribution is -2.29. The third kappa shape index (κ3) is 4.07. The minimum absolute atomic E-state index is 0.129. The Labute approximate surface area is 141 Å². The van der Waals surface area contributed by atoms with Gasteiger partial charge >= 0.3 is 0 Å². The van der Waals surface area contributed by atoms with Crippen molar-refractivity contribution in [1.29, 1.82) is 5.26 Å². The fraction of sp³-hybridized carbons (Fsp3) is 0.333. The van der Waals surface area contributed by atoms with Crippen LogP contribution in [-0.4, -0.2) is 21.5 Å². The fourth-order valence-electron chi connectivity index (χ4n) is 2.38. The van der Waals surface area contributed by atoms with Crippen molar-refractivity contribution >= 4 is 17.4 Å². The van der Waals surface area contributed by atoms with E-state index in [2.05, 4.69) is 10.4 Å². The zero-order valence-electron chi connectivity index (χ0n) is 14.0. The summed E-state index contributed by atoms with van der Waals surface area (Å²) in [5.41, 5.74) is 3.48. The lowest BCUT2D eigenvalue weighted by atomic mass is 9.99. The van der Waals surface area contributed by atoms with Gasteiger partial charge < -0.3 is 5.32 Å². The summed E-state index contributed by atoms with van der Waals surface area (Å²) in [6.45, 7) is 3.82. The second-order valence-corrected chi connectivity index (χ2v) is 5.79. The number of nitrogens with zero attached hydrogens (tertiary/aromatic N) is 3. The third-order valence-corrected chi connectivity index (χ3v) is 3.99. The number of nitrogens with one attached hydrogen (secondary N) is 1. The van der Waals surface area contributed by atoms with Gasteiger partial charge in [0.05, 0.1) is 12.3 Å². The molecule has 1 aromatic carbocycles. The van der Waals surface area contributed by atoms with E-state index in [1.807, 2.05) is 38.2 Å². The predicted molar refractivity (Wildman–Crippen MR) is 90.2 cm³/mol. The maximum Gasteiger partial charge on any atom is 0.249 e. The number of Topliss-reactive ketones (excluding diaryl/α,β-unsaturated/α-hetero) is 1. The highest BCUT2D eigenvalue weighted by Crippen LogP contribution is 2.19. The Hall–Kier alpha value is -2.94. The highest BCUT2D eigenvalue weighted by molar-refractivity contribution is 6.09. The lowest BCUT2D eigenvalue weighted by molar-refractivity contribution is -0.128. The number of aryl methyl sites for hydroxylation is 3. The van der Waals surface area contributed by atoms with Crippen molar-refractivity contribution in [1.82, 2.24) is 9.78 Å². The summed E-state index contributed by atoms with van der Waals surface area (Å²) >= 11 is 0. The van der Waals surface area contributed by atoms with E-state index in [0.717, 1.165) is 16.7 Å². The molecule has 0 aliphatic rings. The molecule has 24 heavy (non-hydrogen) atoms. The normalized spacial score (nSPS) is 11.6. The van der Waals surface area contributed by atoms with Crippen LogP contribution in [0.5, 0.6) is 0 Å². The fourth-order valence-corrected chi connectivity index (χ4v) is 2.38. The van der Waals surface area contributed by atoms with Gasteiger partial charge in [0.25, 0.3) is 0 Å². The summed E-state index contributed by atoms with van der Waals surface area (Å²) in [5.74, 6) is -2.27. The summed E-state index contributed by atoms with van der Waals surface area (Å²) in [7, 11) is 1.79. The molecule has 0 fully saturated rings. The highest BCUT2D eigenvalue weighted by atomic mass is 16.2. The van der Waals surface area contributed by atoms with E-state index in [0.29, 0.717) is 12.1 Å². The average Bonchev–Trinajstić information content (AvgIpc) is 2.96. The van der Waals surface area contributed by atoms with Crippen LogP contribution < -0.4 is 5.32 Å². The Balaban J connectivity index is 2.01. The lowest BCUT2D eigenvalue weighted by Gasteiger charge is -2.12. The number of carbonyl (C=O) groups excluding carboxylic acids is 2. The molecule has 6 heteroatoms. The van der Waals surface area contributed by atoms with Gasteiger partial charge in [-0.25, -0.2) is 0 Å². The van der Waals surface area contributed by atoms with Gasteiger partial charge in [-0.1, -0.05) is 12.1 Å². The van der Waals surface area contributed by atoms with Gasteiger partial charge in [0, 0.05) is 25.4 Å². The minimum Gasteiger partial charge on any atom is -0.324 e. The zero-order chi connectivity index (χ0) is 17.7. The molecule has 2 rings (SSSR count). The van der Waals surface area contributed by atoms with Crippen LogP contribution in [0.4, 0.5) is 5.69 Å². The maximum absolute atomic E-state index is 12.3. The molecule has 0 saturated heterocycles. The van der Waals surface area contributed by atoms with Crippen molar-refractivity contribution < 1.29 is 9.59 Å². The molecule has 6 nitrogen and oxygen atoms in total. The van der Waals surface area contributed by atoms with Gasteiger partial charge in [0.2, 0.25) is 5.91 Å². The Morgan fingerprint density at radius 1 is 1.38 bits per heavy atom. The zero-order valence-corrected chi connectivity index (χ0v) is 14.0. The number of hydrogen-bond acceptors (Lipinski definition) is 4. The second kappa shape index (κ2) is 7.55. The van der Waals surface area contributed by atoms with Crippen LogP contribution in [-0.2, 0) is 23.1 Å². The molecule has 0 aliphatic carbocycles. The summed E-state index contributed by atoms with van der Waals surface area (Å²) in [6, 6.07) is 7.33. The van der Waals surface area contributed by atoms with Crippen LogP contribution in [0.1, 0.15) is 23.1 Å². The molecular formula is C18H20N4O2. The van der Waals surface area contributed by atoms with E-state index in [9.17, 15) is 14.9 Å². The summed E-state index contributed by atoms with van der Waals surface area (Å²) in [5, 5.41) is 15.9. The van der Waals surface area contributed by atoms with Crippen LogP contribution in [0, 0.1) is 31.1 Å². The van der Waals surface area contributed by atoms with E-state index >= 15 is 0 Å². The van der Waals surface area contributed by atoms with Crippen molar-refractivity contribution in [2.75, 3.05) is 5.32 Å². The van der Waals surface area contributed by atoms with Crippen molar-refractivity contribution in [2.24, 2.45) is 13.0 Å². The first kappa shape index (κ1) is 17.4. The van der Waals surface area contributed by atoms with E-state index < -0.39 is 11.8 Å². The number of benzene rings is 1. The molecule has 0 spiro atoms. The smallest absolute Gasteiger partial charge is 0.249 e. The number of carbonyl (C=O) groups is 2. The topological polar surface area (TPSA) is 87.8 Å². The molecule has 124 valence electrons. The maximum atomic E-state index is 12.3. The number of rotatable bonds is 6. The van der Waals surface area contributed by atoms with Crippen LogP contribution in [0.25, 0.3) is 0 Å². The molecule has 1 N–H and O–H groups in total. The Kier molecular flexibility index (Phi) is 5.48. The van der Waals surface area contributed by atoms with Gasteiger partial charge in [-0.3, -0.25) is 14.3 Å². The summed E-state index contributed by atoms with van der Waals surface area (Å²) in [6.07, 6.45) is 4.07. The van der Waals surface area contributed by atoms with Crippen LogP contribution in [0.3, 0.4) is 0 Å². The number of anilines is 1. The first-order chi connectivity index (χ1) is 11.4. The van der Waals surface area contributed by atoms with E-state index in [-0.39, 0.29) is 12.2 Å². The average molecular weight is 324 g/mol. The number of amides is 1. The SMILES string of the molecule is Cc1cccc(NC(=O)C(C#N)C(=O)CCc2cnn(C)c2)c1C. The van der Waals surface area contributed by atoms with Crippen LogP contribution >= 0.6 is 0 Å². The number of nitriles is 1. The van der Waals surface area contributed by atoms with E-state index in [1.54, 1.807) is 24.0 Å². The first-order valence-electron chi connectivity index (χ1n) is 7.69. The molecular weight excluding hydrogens is 304 g/mol. The van der Waals surface area contributed by atoms with E-state index in [4.69, 9.17) is 0 Å². The molecule has 0 bridgehead atoms. The largest absolute Gasteiger partial charge is 0.324 e. The van der Waals surface area contributed by atoms with Gasteiger partial charge in [-0.2, -0.15) is 10.4 Å². The molecule has 1 aromatic heterocycles. The van der Waals surface area contributed by atoms with Crippen LogP contribution in [0.2, 0.25) is 0 Å². The van der Waals surface area contributed by atoms with E-state index in [1.165, 1.54) is 0 Å². The summed E-state index contributed by atoms with van der Waals surface area (Å²) in [4.78, 5) is 24.5. The molecule has 0 aliphatic heterocycles. The number of aromatic nitrogens is 2. The molecule has 0 radical (unpaired) electrons. The molecule has 1 amide bonds. The van der Waals surface area contributed by atoms with Gasteiger partial charge in [0.15, 0.2) is 11.7 Å². The van der Waals surface area contributed by atoms with Crippen LogP contribution in [0.15, 0.2) is 30.6 Å². The molecule has 1 heterocycles. The summed E-state index contributed by atoms with van der Waals surface area (Å²) < 4.78 is 1.65. The van der Waals surface area contributed by atoms with Crippen molar-refractivity contribution in [3.63, 3.8) is 0 Å². The second-order valence-electron chi connectivity index (χ2n) is 5.79. The molecule has 2 aromatic rings. The highest BCUT2D eigenvalue weighted by Gasteiger charge is 2.26. The molecule has 1 atom stereocenters. The van der Waals surface area contributed by atoms with Crippen molar-refractivity contribution in [3.05, 3.63) is 47.3 Å². The van der Waals surface area contributed by atoms with Crippen molar-refractivity contribution in [2.45, 2.75) is 26.7 Å². The molecule has 0 saturated carbocycles. The predicted octanol–water partition coefficient (Wildman–Crippen LogP) is 2.32. The Bertz CT molecular complexity index is 802. The Morgan fingerprint density at radius 2 is 2.12 bits per heavy atom. The van der Waals surface area contributed by atoms with Crippen molar-refractivity contribution in [3.8, 4) is 6.07 Å². The van der Waals surface area contributed by atoms with Gasteiger partial charge in [-0.05, 0) is 43.0 Å². The quantitative estimate of drug-likeness (QED) is 0.826.